The molecule has 2 rings (SSSR count). The van der Waals surface area contributed by atoms with Crippen molar-refractivity contribution in [3.05, 3.63) is 0 Å². The van der Waals surface area contributed by atoms with Gasteiger partial charge in [-0.2, -0.15) is 0 Å². The zero-order chi connectivity index (χ0) is 12.1. The largest absolute Gasteiger partial charge is 0.314 e. The molecule has 5 nitrogen and oxygen atoms in total. The van der Waals surface area contributed by atoms with Crippen LogP contribution >= 0.6 is 24.8 Å². The van der Waals surface area contributed by atoms with Crippen molar-refractivity contribution < 1.29 is 8.42 Å². The number of rotatable bonds is 7. The van der Waals surface area contributed by atoms with Gasteiger partial charge in [0.05, 0.1) is 5.75 Å². The van der Waals surface area contributed by atoms with E-state index in [9.17, 15) is 8.42 Å². The molecule has 0 spiro atoms. The maximum atomic E-state index is 11.6. The Kier molecular flexibility index (Phi) is 9.57. The summed E-state index contributed by atoms with van der Waals surface area (Å²) < 4.78 is 25.9. The van der Waals surface area contributed by atoms with E-state index in [0.717, 1.165) is 52.0 Å². The molecule has 0 radical (unpaired) electrons. The average Bonchev–Trinajstić information content (AvgIpc) is 3.09. The molecule has 0 bridgehead atoms. The third-order valence-corrected chi connectivity index (χ3v) is 4.89. The SMILES string of the molecule is Cl.Cl.O=S(=O)(CC1CC1)NCCCN1CCNCC1. The predicted molar refractivity (Wildman–Crippen MR) is 82.9 cm³/mol. The standard InChI is InChI=1S/C11H23N3O2S.2ClH/c15-17(16,10-11-2-3-11)13-4-1-7-14-8-5-12-6-9-14;;/h11-13H,1-10H2;2*1H. The molecule has 0 aromatic carbocycles. The van der Waals surface area contributed by atoms with Crippen LogP contribution in [0.25, 0.3) is 0 Å². The predicted octanol–water partition coefficient (Wildman–Crippen LogP) is 0.455. The van der Waals surface area contributed by atoms with Crippen molar-refractivity contribution in [3.63, 3.8) is 0 Å². The Morgan fingerprint density at radius 2 is 1.79 bits per heavy atom. The fourth-order valence-electron chi connectivity index (χ4n) is 2.12. The van der Waals surface area contributed by atoms with E-state index in [1.807, 2.05) is 0 Å². The Hall–Kier alpha value is 0.410. The zero-order valence-corrected chi connectivity index (χ0v) is 13.6. The molecule has 0 unspecified atom stereocenters. The molecule has 0 aromatic heterocycles. The second kappa shape index (κ2) is 9.37. The minimum Gasteiger partial charge on any atom is -0.314 e. The highest BCUT2D eigenvalue weighted by atomic mass is 35.5. The van der Waals surface area contributed by atoms with Gasteiger partial charge in [0, 0.05) is 32.7 Å². The third-order valence-electron chi connectivity index (χ3n) is 3.33. The molecule has 2 fully saturated rings. The lowest BCUT2D eigenvalue weighted by molar-refractivity contribution is 0.239. The van der Waals surface area contributed by atoms with Crippen LogP contribution in [0.4, 0.5) is 0 Å². The lowest BCUT2D eigenvalue weighted by Crippen LogP contribution is -2.44. The quantitative estimate of drug-likeness (QED) is 0.664. The van der Waals surface area contributed by atoms with E-state index >= 15 is 0 Å². The van der Waals surface area contributed by atoms with Gasteiger partial charge in [0.15, 0.2) is 0 Å². The van der Waals surface area contributed by atoms with Crippen LogP contribution in [-0.4, -0.2) is 58.3 Å². The van der Waals surface area contributed by atoms with E-state index in [0.29, 0.717) is 18.2 Å². The van der Waals surface area contributed by atoms with Crippen molar-refractivity contribution in [2.24, 2.45) is 5.92 Å². The Morgan fingerprint density at radius 1 is 1.16 bits per heavy atom. The molecule has 1 saturated heterocycles. The third kappa shape index (κ3) is 8.32. The molecule has 0 atom stereocenters. The molecule has 0 amide bonds. The first-order valence-corrected chi connectivity index (χ1v) is 8.21. The van der Waals surface area contributed by atoms with Gasteiger partial charge in [0.2, 0.25) is 10.0 Å². The van der Waals surface area contributed by atoms with E-state index in [4.69, 9.17) is 0 Å². The number of halogens is 2. The molecule has 8 heteroatoms. The topological polar surface area (TPSA) is 61.4 Å². The highest BCUT2D eigenvalue weighted by Gasteiger charge is 2.27. The van der Waals surface area contributed by atoms with Crippen molar-refractivity contribution >= 4 is 34.8 Å². The maximum Gasteiger partial charge on any atom is 0.211 e. The molecule has 2 N–H and O–H groups in total. The van der Waals surface area contributed by atoms with Gasteiger partial charge in [-0.05, 0) is 31.7 Å². The van der Waals surface area contributed by atoms with Crippen LogP contribution < -0.4 is 10.0 Å². The Labute approximate surface area is 128 Å². The van der Waals surface area contributed by atoms with Crippen LogP contribution in [0.1, 0.15) is 19.3 Å². The normalized spacial score (nSPS) is 20.4. The van der Waals surface area contributed by atoms with E-state index in [2.05, 4.69) is 14.9 Å². The molecule has 19 heavy (non-hydrogen) atoms. The average molecular weight is 334 g/mol. The minimum absolute atomic E-state index is 0. The fraction of sp³-hybridized carbons (Fsp3) is 1.00. The summed E-state index contributed by atoms with van der Waals surface area (Å²) in [6.45, 7) is 5.83. The molecular weight excluding hydrogens is 309 g/mol. The lowest BCUT2D eigenvalue weighted by atomic mass is 10.3. The van der Waals surface area contributed by atoms with Gasteiger partial charge in [-0.1, -0.05) is 0 Å². The van der Waals surface area contributed by atoms with Crippen LogP contribution in [0, 0.1) is 5.92 Å². The number of nitrogens with zero attached hydrogens (tertiary/aromatic N) is 1. The molecule has 116 valence electrons. The maximum absolute atomic E-state index is 11.6. The summed E-state index contributed by atoms with van der Waals surface area (Å²) >= 11 is 0. The minimum atomic E-state index is -3.00. The number of piperazine rings is 1. The number of hydrogen-bond acceptors (Lipinski definition) is 4. The van der Waals surface area contributed by atoms with Gasteiger partial charge < -0.3 is 10.2 Å². The summed E-state index contributed by atoms with van der Waals surface area (Å²) in [5.74, 6) is 0.765. The van der Waals surface area contributed by atoms with Crippen molar-refractivity contribution in [3.8, 4) is 0 Å². The molecule has 1 saturated carbocycles. The first kappa shape index (κ1) is 19.4. The van der Waals surface area contributed by atoms with Gasteiger partial charge in [-0.3, -0.25) is 0 Å². The monoisotopic (exact) mass is 333 g/mol. The zero-order valence-electron chi connectivity index (χ0n) is 11.1. The lowest BCUT2D eigenvalue weighted by Gasteiger charge is -2.27. The van der Waals surface area contributed by atoms with E-state index in [1.54, 1.807) is 0 Å². The van der Waals surface area contributed by atoms with Crippen molar-refractivity contribution in [2.75, 3.05) is 45.0 Å². The van der Waals surface area contributed by atoms with Gasteiger partial charge >= 0.3 is 0 Å². The number of sulfonamides is 1. The highest BCUT2D eigenvalue weighted by Crippen LogP contribution is 2.29. The summed E-state index contributed by atoms with van der Waals surface area (Å²) in [5.41, 5.74) is 0. The summed E-state index contributed by atoms with van der Waals surface area (Å²) in [7, 11) is -3.00. The summed E-state index contributed by atoms with van der Waals surface area (Å²) in [4.78, 5) is 2.38. The second-order valence-electron chi connectivity index (χ2n) is 5.06. The summed E-state index contributed by atoms with van der Waals surface area (Å²) in [6.07, 6.45) is 3.08. The molecule has 1 aliphatic carbocycles. The molecular formula is C11H25Cl2N3O2S. The summed E-state index contributed by atoms with van der Waals surface area (Å²) in [6, 6.07) is 0. The van der Waals surface area contributed by atoms with E-state index < -0.39 is 10.0 Å². The van der Waals surface area contributed by atoms with Gasteiger partial charge in [0.25, 0.3) is 0 Å². The fourth-order valence-corrected chi connectivity index (χ4v) is 3.65. The van der Waals surface area contributed by atoms with Crippen LogP contribution in [0.2, 0.25) is 0 Å². The van der Waals surface area contributed by atoms with Crippen LogP contribution in [0.3, 0.4) is 0 Å². The second-order valence-corrected chi connectivity index (χ2v) is 6.92. The Bertz CT molecular complexity index is 331. The van der Waals surface area contributed by atoms with Crippen molar-refractivity contribution in [1.29, 1.82) is 0 Å². The van der Waals surface area contributed by atoms with Crippen LogP contribution in [0.5, 0.6) is 0 Å². The van der Waals surface area contributed by atoms with Gasteiger partial charge in [-0.25, -0.2) is 13.1 Å². The molecule has 1 aliphatic heterocycles. The molecule has 2 aliphatic rings. The van der Waals surface area contributed by atoms with E-state index in [1.165, 1.54) is 0 Å². The first-order valence-electron chi connectivity index (χ1n) is 6.56. The first-order chi connectivity index (χ1) is 8.16. The molecule has 0 aromatic rings. The molecule has 1 heterocycles. The Balaban J connectivity index is 0.00000162. The van der Waals surface area contributed by atoms with Crippen molar-refractivity contribution in [1.82, 2.24) is 14.9 Å². The van der Waals surface area contributed by atoms with Crippen LogP contribution in [-0.2, 0) is 10.0 Å². The Morgan fingerprint density at radius 3 is 2.37 bits per heavy atom. The van der Waals surface area contributed by atoms with E-state index in [-0.39, 0.29) is 24.8 Å². The number of nitrogens with one attached hydrogen (secondary N) is 2. The van der Waals surface area contributed by atoms with Gasteiger partial charge in [0.1, 0.15) is 0 Å². The highest BCUT2D eigenvalue weighted by molar-refractivity contribution is 7.89. The smallest absolute Gasteiger partial charge is 0.211 e. The number of hydrogen-bond donors (Lipinski definition) is 2. The van der Waals surface area contributed by atoms with Crippen molar-refractivity contribution in [2.45, 2.75) is 19.3 Å². The van der Waals surface area contributed by atoms with Gasteiger partial charge in [-0.15, -0.1) is 24.8 Å². The van der Waals surface area contributed by atoms with Crippen LogP contribution in [0.15, 0.2) is 0 Å². The summed E-state index contributed by atoms with van der Waals surface area (Å²) in [5, 5.41) is 3.30.